The zero-order valence-corrected chi connectivity index (χ0v) is 9.67. The highest BCUT2D eigenvalue weighted by Crippen LogP contribution is 2.26. The third kappa shape index (κ3) is 2.71. The molecule has 2 saturated heterocycles. The number of nitrogens with one attached hydrogen (secondary N) is 1. The smallest absolute Gasteiger partial charge is 0.220 e. The molecule has 0 saturated carbocycles. The number of carbonyl (C=O) groups excluding carboxylic acids is 1. The van der Waals surface area contributed by atoms with Crippen molar-refractivity contribution in [2.45, 2.75) is 57.5 Å². The fourth-order valence-corrected chi connectivity index (χ4v) is 2.88. The predicted octanol–water partition coefficient (Wildman–Crippen LogP) is 1.53. The number of nitrogens with zero attached hydrogens (tertiary/aromatic N) is 1. The first-order chi connectivity index (χ1) is 7.29. The van der Waals surface area contributed by atoms with E-state index in [-0.39, 0.29) is 5.91 Å². The van der Waals surface area contributed by atoms with Crippen LogP contribution in [-0.2, 0) is 4.79 Å². The van der Waals surface area contributed by atoms with Gasteiger partial charge in [-0.05, 0) is 38.6 Å². The van der Waals surface area contributed by atoms with Gasteiger partial charge in [0.05, 0.1) is 0 Å². The van der Waals surface area contributed by atoms with Gasteiger partial charge in [-0.25, -0.2) is 0 Å². The number of hydrogen-bond donors (Lipinski definition) is 1. The molecule has 2 atom stereocenters. The minimum absolute atomic E-state index is 0.244. The summed E-state index contributed by atoms with van der Waals surface area (Å²) in [6.07, 6.45) is 6.64. The molecule has 86 valence electrons. The standard InChI is InChI=1S/C12H22N2O/c1-2-4-12(15)13-10-6-8-14-7-3-5-11(14)9-10/h10-11H,2-9H2,1H3,(H,13,15). The molecule has 1 N–H and O–H groups in total. The van der Waals surface area contributed by atoms with Crippen LogP contribution in [0.2, 0.25) is 0 Å². The van der Waals surface area contributed by atoms with E-state index >= 15 is 0 Å². The van der Waals surface area contributed by atoms with Gasteiger partial charge in [0.1, 0.15) is 0 Å². The summed E-state index contributed by atoms with van der Waals surface area (Å²) in [5.74, 6) is 0.244. The fourth-order valence-electron chi connectivity index (χ4n) is 2.88. The van der Waals surface area contributed by atoms with E-state index in [4.69, 9.17) is 0 Å². The first kappa shape index (κ1) is 10.9. The molecule has 0 aromatic carbocycles. The number of piperidine rings is 1. The average molecular weight is 210 g/mol. The van der Waals surface area contributed by atoms with E-state index in [0.717, 1.165) is 18.9 Å². The number of amides is 1. The highest BCUT2D eigenvalue weighted by atomic mass is 16.1. The Hall–Kier alpha value is -0.570. The molecule has 2 rings (SSSR count). The van der Waals surface area contributed by atoms with Crippen molar-refractivity contribution in [3.63, 3.8) is 0 Å². The zero-order valence-electron chi connectivity index (χ0n) is 9.67. The Labute approximate surface area is 92.2 Å². The van der Waals surface area contributed by atoms with Crippen molar-refractivity contribution in [3.05, 3.63) is 0 Å². The molecule has 3 heteroatoms. The van der Waals surface area contributed by atoms with Crippen LogP contribution in [0.4, 0.5) is 0 Å². The van der Waals surface area contributed by atoms with E-state index < -0.39 is 0 Å². The van der Waals surface area contributed by atoms with Gasteiger partial charge in [-0.15, -0.1) is 0 Å². The molecule has 0 bridgehead atoms. The van der Waals surface area contributed by atoms with E-state index in [9.17, 15) is 4.79 Å². The average Bonchev–Trinajstić information content (AvgIpc) is 2.65. The summed E-state index contributed by atoms with van der Waals surface area (Å²) in [6.45, 7) is 4.52. The second-order valence-electron chi connectivity index (χ2n) is 4.87. The second kappa shape index (κ2) is 4.97. The first-order valence-corrected chi connectivity index (χ1v) is 6.33. The molecule has 0 spiro atoms. The third-order valence-electron chi connectivity index (χ3n) is 3.66. The van der Waals surface area contributed by atoms with Gasteiger partial charge < -0.3 is 10.2 Å². The minimum Gasteiger partial charge on any atom is -0.353 e. The lowest BCUT2D eigenvalue weighted by atomic mass is 9.97. The molecule has 0 aromatic heterocycles. The molecule has 2 unspecified atom stereocenters. The van der Waals surface area contributed by atoms with Gasteiger partial charge in [-0.3, -0.25) is 4.79 Å². The van der Waals surface area contributed by atoms with E-state index in [1.165, 1.54) is 32.4 Å². The molecule has 15 heavy (non-hydrogen) atoms. The number of rotatable bonds is 3. The third-order valence-corrected chi connectivity index (χ3v) is 3.66. The van der Waals surface area contributed by atoms with Crippen LogP contribution in [0.15, 0.2) is 0 Å². The molecule has 2 heterocycles. The zero-order chi connectivity index (χ0) is 10.7. The lowest BCUT2D eigenvalue weighted by molar-refractivity contribution is -0.122. The van der Waals surface area contributed by atoms with Crippen LogP contribution < -0.4 is 5.32 Å². The van der Waals surface area contributed by atoms with Crippen molar-refractivity contribution in [2.24, 2.45) is 0 Å². The van der Waals surface area contributed by atoms with Crippen LogP contribution in [-0.4, -0.2) is 36.0 Å². The number of hydrogen-bond acceptors (Lipinski definition) is 2. The molecule has 2 fully saturated rings. The molecule has 2 aliphatic rings. The molecule has 0 radical (unpaired) electrons. The van der Waals surface area contributed by atoms with Crippen molar-refractivity contribution in [3.8, 4) is 0 Å². The van der Waals surface area contributed by atoms with E-state index in [1.54, 1.807) is 0 Å². The van der Waals surface area contributed by atoms with Crippen LogP contribution in [0.25, 0.3) is 0 Å². The van der Waals surface area contributed by atoms with Crippen LogP contribution in [0, 0.1) is 0 Å². The quantitative estimate of drug-likeness (QED) is 0.766. The van der Waals surface area contributed by atoms with Gasteiger partial charge in [-0.2, -0.15) is 0 Å². The molecular formula is C12H22N2O. The van der Waals surface area contributed by atoms with Crippen molar-refractivity contribution in [2.75, 3.05) is 13.1 Å². The Kier molecular flexibility index (Phi) is 3.62. The molecule has 0 aliphatic carbocycles. The Morgan fingerprint density at radius 3 is 3.07 bits per heavy atom. The maximum atomic E-state index is 11.5. The maximum absolute atomic E-state index is 11.5. The first-order valence-electron chi connectivity index (χ1n) is 6.33. The summed E-state index contributed by atoms with van der Waals surface area (Å²) in [5.41, 5.74) is 0. The Bertz CT molecular complexity index is 230. The molecule has 3 nitrogen and oxygen atoms in total. The molecule has 1 amide bonds. The summed E-state index contributed by atoms with van der Waals surface area (Å²) in [6, 6.07) is 1.20. The Morgan fingerprint density at radius 1 is 1.40 bits per heavy atom. The highest BCUT2D eigenvalue weighted by Gasteiger charge is 2.31. The summed E-state index contributed by atoms with van der Waals surface area (Å²) in [4.78, 5) is 14.1. The van der Waals surface area contributed by atoms with Crippen LogP contribution >= 0.6 is 0 Å². The van der Waals surface area contributed by atoms with E-state index in [2.05, 4.69) is 17.1 Å². The van der Waals surface area contributed by atoms with Crippen molar-refractivity contribution in [1.82, 2.24) is 10.2 Å². The van der Waals surface area contributed by atoms with Crippen molar-refractivity contribution in [1.29, 1.82) is 0 Å². The summed E-state index contributed by atoms with van der Waals surface area (Å²) >= 11 is 0. The van der Waals surface area contributed by atoms with E-state index in [1.807, 2.05) is 0 Å². The Balaban J connectivity index is 1.77. The fraction of sp³-hybridized carbons (Fsp3) is 0.917. The maximum Gasteiger partial charge on any atom is 0.220 e. The van der Waals surface area contributed by atoms with Gasteiger partial charge >= 0.3 is 0 Å². The highest BCUT2D eigenvalue weighted by molar-refractivity contribution is 5.76. The molecule has 0 aromatic rings. The van der Waals surface area contributed by atoms with Crippen LogP contribution in [0.5, 0.6) is 0 Å². The molecular weight excluding hydrogens is 188 g/mol. The van der Waals surface area contributed by atoms with Gasteiger partial charge in [0.25, 0.3) is 0 Å². The SMILES string of the molecule is CCCC(=O)NC1CCN2CCCC2C1. The van der Waals surface area contributed by atoms with Gasteiger partial charge in [-0.1, -0.05) is 6.92 Å². The van der Waals surface area contributed by atoms with Gasteiger partial charge in [0, 0.05) is 25.0 Å². The van der Waals surface area contributed by atoms with Crippen LogP contribution in [0.1, 0.15) is 45.4 Å². The lowest BCUT2D eigenvalue weighted by Gasteiger charge is -2.35. The van der Waals surface area contributed by atoms with E-state index in [0.29, 0.717) is 12.5 Å². The van der Waals surface area contributed by atoms with Crippen molar-refractivity contribution < 1.29 is 4.79 Å². The lowest BCUT2D eigenvalue weighted by Crippen LogP contribution is -2.47. The second-order valence-corrected chi connectivity index (χ2v) is 4.87. The van der Waals surface area contributed by atoms with Gasteiger partial charge in [0.2, 0.25) is 5.91 Å². The molecule has 2 aliphatic heterocycles. The summed E-state index contributed by atoms with van der Waals surface area (Å²) < 4.78 is 0. The monoisotopic (exact) mass is 210 g/mol. The largest absolute Gasteiger partial charge is 0.353 e. The normalized spacial score (nSPS) is 31.3. The van der Waals surface area contributed by atoms with Crippen LogP contribution in [0.3, 0.4) is 0 Å². The predicted molar refractivity (Wildman–Crippen MR) is 60.7 cm³/mol. The van der Waals surface area contributed by atoms with Gasteiger partial charge in [0.15, 0.2) is 0 Å². The Morgan fingerprint density at radius 2 is 2.27 bits per heavy atom. The van der Waals surface area contributed by atoms with Crippen molar-refractivity contribution >= 4 is 5.91 Å². The number of fused-ring (bicyclic) bond motifs is 1. The number of carbonyl (C=O) groups is 1. The minimum atomic E-state index is 0.244. The summed E-state index contributed by atoms with van der Waals surface area (Å²) in [7, 11) is 0. The topological polar surface area (TPSA) is 32.3 Å². The summed E-state index contributed by atoms with van der Waals surface area (Å²) in [5, 5.41) is 3.17.